The van der Waals surface area contributed by atoms with Gasteiger partial charge in [-0.05, 0) is 75.3 Å². The number of likely N-dealkylation sites (tertiary alicyclic amines) is 1. The molecule has 5 rings (SSSR count). The molecule has 3 fully saturated rings. The Bertz CT molecular complexity index is 1240. The van der Waals surface area contributed by atoms with Crippen LogP contribution in [0, 0.1) is 11.8 Å². The Kier molecular flexibility index (Phi) is 8.66. The lowest BCUT2D eigenvalue weighted by Crippen LogP contribution is -2.55. The van der Waals surface area contributed by atoms with Gasteiger partial charge in [0.25, 0.3) is 0 Å². The summed E-state index contributed by atoms with van der Waals surface area (Å²) in [5.74, 6) is -1.47. The number of carbonyl (C=O) groups excluding carboxylic acids is 3. The number of nitrogens with zero attached hydrogens (tertiary/aromatic N) is 1. The zero-order chi connectivity index (χ0) is 29.0. The van der Waals surface area contributed by atoms with Crippen LogP contribution in [0.4, 0.5) is 5.69 Å². The second-order valence-electron chi connectivity index (χ2n) is 11.3. The molecule has 41 heavy (non-hydrogen) atoms. The Morgan fingerprint density at radius 2 is 1.78 bits per heavy atom. The molecule has 220 valence electrons. The largest absolute Gasteiger partial charge is 0.494 e. The van der Waals surface area contributed by atoms with Gasteiger partial charge in [0.2, 0.25) is 17.7 Å². The molecule has 3 heterocycles. The molecule has 0 saturated carbocycles. The molecule has 1 spiro atoms. The molecule has 3 aliphatic rings. The summed E-state index contributed by atoms with van der Waals surface area (Å²) >= 11 is 0. The van der Waals surface area contributed by atoms with Crippen molar-refractivity contribution in [1.82, 2.24) is 10.2 Å². The molecule has 2 unspecified atom stereocenters. The quantitative estimate of drug-likeness (QED) is 0.320. The fourth-order valence-electron chi connectivity index (χ4n) is 7.13. The van der Waals surface area contributed by atoms with Crippen LogP contribution in [0.15, 0.2) is 54.6 Å². The molecule has 2 aromatic carbocycles. The minimum atomic E-state index is -1.06. The van der Waals surface area contributed by atoms with Gasteiger partial charge in [-0.2, -0.15) is 0 Å². The average Bonchev–Trinajstić information content (AvgIpc) is 3.59. The summed E-state index contributed by atoms with van der Waals surface area (Å²) in [6.45, 7) is 5.23. The number of hydrogen-bond acceptors (Lipinski definition) is 6. The van der Waals surface area contributed by atoms with Crippen LogP contribution < -0.4 is 15.4 Å². The van der Waals surface area contributed by atoms with Gasteiger partial charge in [-0.15, -0.1) is 0 Å². The van der Waals surface area contributed by atoms with Crippen LogP contribution in [0.3, 0.4) is 0 Å². The molecular weight excluding hydrogens is 522 g/mol. The van der Waals surface area contributed by atoms with Gasteiger partial charge in [-0.3, -0.25) is 14.4 Å². The van der Waals surface area contributed by atoms with Crippen molar-refractivity contribution in [2.75, 3.05) is 25.1 Å². The molecule has 2 bridgehead atoms. The zero-order valence-electron chi connectivity index (χ0n) is 23.9. The molecule has 9 nitrogen and oxygen atoms in total. The van der Waals surface area contributed by atoms with Crippen LogP contribution in [0.5, 0.6) is 5.75 Å². The van der Waals surface area contributed by atoms with Crippen molar-refractivity contribution in [2.24, 2.45) is 11.8 Å². The van der Waals surface area contributed by atoms with E-state index in [0.717, 1.165) is 12.0 Å². The molecule has 2 aromatic rings. The lowest BCUT2D eigenvalue weighted by molar-refractivity contribution is -0.146. The van der Waals surface area contributed by atoms with Gasteiger partial charge >= 0.3 is 0 Å². The number of ether oxygens (including phenoxy) is 2. The van der Waals surface area contributed by atoms with E-state index in [0.29, 0.717) is 63.2 Å². The number of rotatable bonds is 13. The number of aliphatic hydroxyl groups excluding tert-OH is 1. The summed E-state index contributed by atoms with van der Waals surface area (Å²) in [6, 6.07) is 16.0. The van der Waals surface area contributed by atoms with Crippen molar-refractivity contribution in [3.05, 3.63) is 60.2 Å². The van der Waals surface area contributed by atoms with Gasteiger partial charge < -0.3 is 30.1 Å². The van der Waals surface area contributed by atoms with E-state index in [1.165, 1.54) is 0 Å². The molecule has 0 radical (unpaired) electrons. The van der Waals surface area contributed by atoms with Crippen LogP contribution in [-0.2, 0) is 25.7 Å². The Morgan fingerprint density at radius 3 is 2.46 bits per heavy atom. The van der Waals surface area contributed by atoms with E-state index < -0.39 is 29.1 Å². The number of nitrogens with one attached hydrogen (secondary N) is 2. The smallest absolute Gasteiger partial charge is 0.246 e. The number of aliphatic hydroxyl groups is 1. The Hall–Kier alpha value is -3.43. The lowest BCUT2D eigenvalue weighted by atomic mass is 9.65. The summed E-state index contributed by atoms with van der Waals surface area (Å²) in [5.41, 5.74) is -0.296. The summed E-state index contributed by atoms with van der Waals surface area (Å²) in [6.07, 6.45) is 3.73. The molecule has 3 saturated heterocycles. The molecule has 3 amide bonds. The third-order valence-electron chi connectivity index (χ3n) is 9.01. The molecule has 9 heteroatoms. The number of hydrogen-bond donors (Lipinski definition) is 3. The third kappa shape index (κ3) is 5.33. The maximum absolute atomic E-state index is 14.2. The normalized spacial score (nSPS) is 28.0. The average molecular weight is 564 g/mol. The third-order valence-corrected chi connectivity index (χ3v) is 9.01. The molecule has 3 N–H and O–H groups in total. The Morgan fingerprint density at radius 1 is 1.02 bits per heavy atom. The van der Waals surface area contributed by atoms with Crippen molar-refractivity contribution in [1.29, 1.82) is 0 Å². The molecule has 5 atom stereocenters. The molecule has 0 aliphatic carbocycles. The fourth-order valence-corrected chi connectivity index (χ4v) is 7.13. The zero-order valence-corrected chi connectivity index (χ0v) is 23.9. The van der Waals surface area contributed by atoms with Crippen LogP contribution >= 0.6 is 0 Å². The number of carbonyl (C=O) groups is 3. The highest BCUT2D eigenvalue weighted by molar-refractivity contribution is 6.02. The van der Waals surface area contributed by atoms with Gasteiger partial charge in [0.1, 0.15) is 17.4 Å². The first-order chi connectivity index (χ1) is 19.9. The summed E-state index contributed by atoms with van der Waals surface area (Å²) in [5, 5.41) is 15.3. The van der Waals surface area contributed by atoms with E-state index in [-0.39, 0.29) is 24.3 Å². The van der Waals surface area contributed by atoms with Crippen molar-refractivity contribution >= 4 is 23.4 Å². The highest BCUT2D eigenvalue weighted by atomic mass is 16.5. The first-order valence-electron chi connectivity index (χ1n) is 14.9. The summed E-state index contributed by atoms with van der Waals surface area (Å²) in [4.78, 5) is 43.7. The molecule has 0 aromatic heterocycles. The van der Waals surface area contributed by atoms with E-state index in [1.807, 2.05) is 44.2 Å². The summed E-state index contributed by atoms with van der Waals surface area (Å²) < 4.78 is 12.3. The van der Waals surface area contributed by atoms with Crippen molar-refractivity contribution in [3.63, 3.8) is 0 Å². The highest BCUT2D eigenvalue weighted by Gasteiger charge is 2.78. The van der Waals surface area contributed by atoms with E-state index >= 15 is 0 Å². The van der Waals surface area contributed by atoms with Crippen LogP contribution in [0.25, 0.3) is 0 Å². The van der Waals surface area contributed by atoms with Crippen molar-refractivity contribution in [2.45, 2.75) is 76.2 Å². The van der Waals surface area contributed by atoms with Gasteiger partial charge in [-0.1, -0.05) is 37.3 Å². The Labute approximate surface area is 241 Å². The first-order valence-corrected chi connectivity index (χ1v) is 14.9. The van der Waals surface area contributed by atoms with Crippen LogP contribution in [0.1, 0.15) is 57.9 Å². The summed E-state index contributed by atoms with van der Waals surface area (Å²) in [7, 11) is 0. The standard InChI is InChI=1S/C32H41N3O6/c1-3-31-17-18-32(41-31)26(25(31)28(37)34-23-13-15-24(16-14-23)40-4-2)30(39)35(19-9-6-10-20-36)27(32)29(38)33-21-22-11-7-5-8-12-22/h5,7-8,11-16,25-27,36H,3-4,6,9-10,17-21H2,1-2H3,(H,33,38)(H,34,37)/t25-,26+,27?,31+,32?/m1/s1. The van der Waals surface area contributed by atoms with Crippen LogP contribution in [0.2, 0.25) is 0 Å². The monoisotopic (exact) mass is 563 g/mol. The lowest BCUT2D eigenvalue weighted by Gasteiger charge is -2.34. The topological polar surface area (TPSA) is 117 Å². The maximum Gasteiger partial charge on any atom is 0.246 e. The number of benzene rings is 2. The van der Waals surface area contributed by atoms with Gasteiger partial charge in [0.05, 0.1) is 24.0 Å². The van der Waals surface area contributed by atoms with E-state index in [2.05, 4.69) is 10.6 Å². The first kappa shape index (κ1) is 29.1. The van der Waals surface area contributed by atoms with E-state index in [4.69, 9.17) is 9.47 Å². The van der Waals surface area contributed by atoms with E-state index in [1.54, 1.807) is 29.2 Å². The predicted octanol–water partition coefficient (Wildman–Crippen LogP) is 3.66. The highest BCUT2D eigenvalue weighted by Crippen LogP contribution is 2.64. The molecule has 3 aliphatic heterocycles. The number of fused-ring (bicyclic) bond motifs is 1. The van der Waals surface area contributed by atoms with Crippen molar-refractivity contribution < 1.29 is 29.0 Å². The SMILES string of the molecule is CCOc1ccc(NC(=O)[C@H]2[C@H]3C(=O)N(CCCCCO)C(C(=O)NCc4ccccc4)C34CC[C@]2(CC)O4)cc1. The Balaban J connectivity index is 1.43. The van der Waals surface area contributed by atoms with E-state index in [9.17, 15) is 19.5 Å². The minimum absolute atomic E-state index is 0.0808. The van der Waals surface area contributed by atoms with Gasteiger partial charge in [0.15, 0.2) is 0 Å². The molecular formula is C32H41N3O6. The maximum atomic E-state index is 14.2. The number of amides is 3. The second-order valence-corrected chi connectivity index (χ2v) is 11.3. The van der Waals surface area contributed by atoms with Gasteiger partial charge in [0, 0.05) is 25.4 Å². The van der Waals surface area contributed by atoms with Crippen molar-refractivity contribution in [3.8, 4) is 5.75 Å². The van der Waals surface area contributed by atoms with Crippen LogP contribution in [-0.4, -0.2) is 64.7 Å². The predicted molar refractivity (Wildman–Crippen MR) is 154 cm³/mol. The fraction of sp³-hybridized carbons (Fsp3) is 0.531. The number of anilines is 1. The minimum Gasteiger partial charge on any atom is -0.494 e. The van der Waals surface area contributed by atoms with Gasteiger partial charge in [-0.25, -0.2) is 0 Å². The number of unbranched alkanes of at least 4 members (excludes halogenated alkanes) is 2. The second kappa shape index (κ2) is 12.2.